The fraction of sp³-hybridized carbons (Fsp3) is 0.353. The molecule has 2 aromatic rings. The summed E-state index contributed by atoms with van der Waals surface area (Å²) in [5.74, 6) is -0.402. The standard InChI is InChI=1S/C17H21N3O4/c1-11(18-16(22)24-17(2,3)4)15(21)19-13-10-23-20-14(13)12-8-6-5-7-9-12/h5-11H,1-4H3,(H,18,22)(H,19,21)/t11-/m0/s1. The van der Waals surface area contributed by atoms with E-state index < -0.39 is 23.6 Å². The van der Waals surface area contributed by atoms with Crippen LogP contribution in [0.5, 0.6) is 0 Å². The number of ether oxygens (including phenoxy) is 1. The molecule has 0 fully saturated rings. The fourth-order valence-corrected chi connectivity index (χ4v) is 1.92. The smallest absolute Gasteiger partial charge is 0.408 e. The summed E-state index contributed by atoms with van der Waals surface area (Å²) >= 11 is 0. The summed E-state index contributed by atoms with van der Waals surface area (Å²) in [5, 5.41) is 9.08. The number of nitrogens with one attached hydrogen (secondary N) is 2. The number of anilines is 1. The third-order valence-corrected chi connectivity index (χ3v) is 3.00. The van der Waals surface area contributed by atoms with Gasteiger partial charge >= 0.3 is 6.09 Å². The molecule has 0 aliphatic carbocycles. The molecule has 128 valence electrons. The van der Waals surface area contributed by atoms with Crippen molar-refractivity contribution in [2.75, 3.05) is 5.32 Å². The average molecular weight is 331 g/mol. The summed E-state index contributed by atoms with van der Waals surface area (Å²) in [6.45, 7) is 6.82. The maximum atomic E-state index is 12.2. The van der Waals surface area contributed by atoms with Gasteiger partial charge in [0.15, 0.2) is 0 Å². The molecule has 1 aromatic carbocycles. The van der Waals surface area contributed by atoms with E-state index in [0.717, 1.165) is 5.56 Å². The predicted molar refractivity (Wildman–Crippen MR) is 89.4 cm³/mol. The molecule has 2 N–H and O–H groups in total. The second-order valence-corrected chi connectivity index (χ2v) is 6.30. The number of carbonyl (C=O) groups is 2. The minimum Gasteiger partial charge on any atom is -0.444 e. The van der Waals surface area contributed by atoms with Crippen LogP contribution in [0.25, 0.3) is 11.3 Å². The number of nitrogens with zero attached hydrogens (tertiary/aromatic N) is 1. The molecule has 0 bridgehead atoms. The number of alkyl carbamates (subject to hydrolysis) is 1. The van der Waals surface area contributed by atoms with E-state index in [1.54, 1.807) is 27.7 Å². The Hall–Kier alpha value is -2.83. The lowest BCUT2D eigenvalue weighted by Gasteiger charge is -2.21. The number of amides is 2. The van der Waals surface area contributed by atoms with Gasteiger partial charge in [0.1, 0.15) is 29.3 Å². The zero-order valence-electron chi connectivity index (χ0n) is 14.1. The lowest BCUT2D eigenvalue weighted by Crippen LogP contribution is -2.44. The summed E-state index contributed by atoms with van der Waals surface area (Å²) < 4.78 is 10.1. The van der Waals surface area contributed by atoms with Gasteiger partial charge in [0.25, 0.3) is 0 Å². The SMILES string of the molecule is C[C@H](NC(=O)OC(C)(C)C)C(=O)Nc1conc1-c1ccccc1. The van der Waals surface area contributed by atoms with Crippen LogP contribution in [0.4, 0.5) is 10.5 Å². The highest BCUT2D eigenvalue weighted by Crippen LogP contribution is 2.26. The van der Waals surface area contributed by atoms with Crippen LogP contribution in [0, 0.1) is 0 Å². The molecule has 2 rings (SSSR count). The van der Waals surface area contributed by atoms with Gasteiger partial charge in [-0.25, -0.2) is 4.79 Å². The first-order valence-corrected chi connectivity index (χ1v) is 7.56. The summed E-state index contributed by atoms with van der Waals surface area (Å²) in [5.41, 5.74) is 1.14. The molecule has 0 aliphatic rings. The van der Waals surface area contributed by atoms with E-state index in [4.69, 9.17) is 9.26 Å². The van der Waals surface area contributed by atoms with E-state index in [0.29, 0.717) is 11.4 Å². The van der Waals surface area contributed by atoms with Gasteiger partial charge in [-0.05, 0) is 27.7 Å². The summed E-state index contributed by atoms with van der Waals surface area (Å²) in [4.78, 5) is 24.0. The largest absolute Gasteiger partial charge is 0.444 e. The molecule has 7 heteroatoms. The highest BCUT2D eigenvalue weighted by Gasteiger charge is 2.22. The molecule has 0 saturated heterocycles. The van der Waals surface area contributed by atoms with Crippen molar-refractivity contribution in [2.45, 2.75) is 39.3 Å². The second kappa shape index (κ2) is 7.16. The van der Waals surface area contributed by atoms with Crippen molar-refractivity contribution in [1.29, 1.82) is 0 Å². The van der Waals surface area contributed by atoms with E-state index in [1.165, 1.54) is 6.26 Å². The Kier molecular flexibility index (Phi) is 5.23. The number of hydrogen-bond acceptors (Lipinski definition) is 5. The van der Waals surface area contributed by atoms with Gasteiger partial charge in [-0.1, -0.05) is 35.5 Å². The topological polar surface area (TPSA) is 93.5 Å². The van der Waals surface area contributed by atoms with Crippen molar-refractivity contribution in [3.8, 4) is 11.3 Å². The Morgan fingerprint density at radius 1 is 1.21 bits per heavy atom. The summed E-state index contributed by atoms with van der Waals surface area (Å²) in [6, 6.07) is 8.55. The second-order valence-electron chi connectivity index (χ2n) is 6.30. The van der Waals surface area contributed by atoms with Crippen molar-refractivity contribution in [1.82, 2.24) is 10.5 Å². The van der Waals surface area contributed by atoms with Gasteiger partial charge in [-0.2, -0.15) is 0 Å². The summed E-state index contributed by atoms with van der Waals surface area (Å²) in [7, 11) is 0. The molecule has 7 nitrogen and oxygen atoms in total. The molecule has 0 aliphatic heterocycles. The van der Waals surface area contributed by atoms with Gasteiger partial charge in [-0.15, -0.1) is 0 Å². The van der Waals surface area contributed by atoms with Gasteiger partial charge in [0.05, 0.1) is 0 Å². The maximum absolute atomic E-state index is 12.2. The molecule has 0 saturated carbocycles. The van der Waals surface area contributed by atoms with Gasteiger partial charge in [0.2, 0.25) is 5.91 Å². The Balaban J connectivity index is 2.00. The number of rotatable bonds is 4. The maximum Gasteiger partial charge on any atom is 0.408 e. The van der Waals surface area contributed by atoms with Crippen molar-refractivity contribution in [2.24, 2.45) is 0 Å². The Bertz CT molecular complexity index is 704. The lowest BCUT2D eigenvalue weighted by molar-refractivity contribution is -0.117. The van der Waals surface area contributed by atoms with Gasteiger partial charge in [0, 0.05) is 5.56 Å². The third kappa shape index (κ3) is 4.84. The predicted octanol–water partition coefficient (Wildman–Crippen LogP) is 3.19. The third-order valence-electron chi connectivity index (χ3n) is 3.00. The molecular weight excluding hydrogens is 310 g/mol. The number of carbonyl (C=O) groups excluding carboxylic acids is 2. The highest BCUT2D eigenvalue weighted by molar-refractivity contribution is 5.98. The van der Waals surface area contributed by atoms with Crippen LogP contribution in [0.3, 0.4) is 0 Å². The quantitative estimate of drug-likeness (QED) is 0.897. The molecule has 1 aromatic heterocycles. The molecule has 0 spiro atoms. The zero-order chi connectivity index (χ0) is 17.7. The number of aromatic nitrogens is 1. The van der Waals surface area contributed by atoms with E-state index in [1.807, 2.05) is 30.3 Å². The molecule has 24 heavy (non-hydrogen) atoms. The number of benzene rings is 1. The fourth-order valence-electron chi connectivity index (χ4n) is 1.92. The highest BCUT2D eigenvalue weighted by atomic mass is 16.6. The van der Waals surface area contributed by atoms with Gasteiger partial charge in [-0.3, -0.25) is 4.79 Å². The first kappa shape index (κ1) is 17.5. The lowest BCUT2D eigenvalue weighted by atomic mass is 10.1. The first-order valence-electron chi connectivity index (χ1n) is 7.56. The molecule has 1 atom stereocenters. The van der Waals surface area contributed by atoms with Crippen molar-refractivity contribution >= 4 is 17.7 Å². The minimum absolute atomic E-state index is 0.402. The zero-order valence-corrected chi connectivity index (χ0v) is 14.1. The Morgan fingerprint density at radius 2 is 1.88 bits per heavy atom. The van der Waals surface area contributed by atoms with Crippen LogP contribution < -0.4 is 10.6 Å². The van der Waals surface area contributed by atoms with Crippen LogP contribution >= 0.6 is 0 Å². The van der Waals surface area contributed by atoms with Crippen molar-refractivity contribution < 1.29 is 18.8 Å². The van der Waals surface area contributed by atoms with Crippen LogP contribution in [0.1, 0.15) is 27.7 Å². The van der Waals surface area contributed by atoms with Crippen LogP contribution in [0.2, 0.25) is 0 Å². The monoisotopic (exact) mass is 331 g/mol. The Labute approximate surface area is 140 Å². The van der Waals surface area contributed by atoms with E-state index >= 15 is 0 Å². The van der Waals surface area contributed by atoms with Crippen molar-refractivity contribution in [3.05, 3.63) is 36.6 Å². The first-order chi connectivity index (χ1) is 11.3. The molecule has 2 amide bonds. The Morgan fingerprint density at radius 3 is 2.50 bits per heavy atom. The minimum atomic E-state index is -0.779. The normalized spacial score (nSPS) is 12.3. The van der Waals surface area contributed by atoms with E-state index in [9.17, 15) is 9.59 Å². The van der Waals surface area contributed by atoms with Gasteiger partial charge < -0.3 is 19.9 Å². The molecular formula is C17H21N3O4. The van der Waals surface area contributed by atoms with Crippen LogP contribution in [-0.4, -0.2) is 28.8 Å². The molecule has 0 unspecified atom stereocenters. The van der Waals surface area contributed by atoms with Crippen molar-refractivity contribution in [3.63, 3.8) is 0 Å². The average Bonchev–Trinajstić information content (AvgIpc) is 2.94. The van der Waals surface area contributed by atoms with E-state index in [-0.39, 0.29) is 0 Å². The number of hydrogen-bond donors (Lipinski definition) is 2. The molecule has 1 heterocycles. The van der Waals surface area contributed by atoms with Crippen LogP contribution in [-0.2, 0) is 9.53 Å². The van der Waals surface area contributed by atoms with E-state index in [2.05, 4.69) is 15.8 Å². The summed E-state index contributed by atoms with van der Waals surface area (Å²) in [6.07, 6.45) is 0.694. The molecule has 0 radical (unpaired) electrons. The van der Waals surface area contributed by atoms with Crippen LogP contribution in [0.15, 0.2) is 41.1 Å².